The molecule has 2 unspecified atom stereocenters. The van der Waals surface area contributed by atoms with E-state index < -0.39 is 22.2 Å². The van der Waals surface area contributed by atoms with Crippen molar-refractivity contribution in [2.45, 2.75) is 110 Å². The van der Waals surface area contributed by atoms with Gasteiger partial charge in [-0.15, -0.1) is 0 Å². The zero-order valence-corrected chi connectivity index (χ0v) is 29.5. The summed E-state index contributed by atoms with van der Waals surface area (Å²) in [6.07, 6.45) is 1.49. The molecule has 1 heterocycles. The van der Waals surface area contributed by atoms with E-state index in [2.05, 4.69) is 115 Å². The molecule has 1 saturated heterocycles. The Kier molecular flexibility index (Phi) is 10.4. The summed E-state index contributed by atoms with van der Waals surface area (Å²) < 4.78 is 19.9. The number of piperidine rings is 1. The lowest BCUT2D eigenvalue weighted by atomic mass is 9.92. The Morgan fingerprint density at radius 2 is 1.29 bits per heavy atom. The molecule has 0 bridgehead atoms. The van der Waals surface area contributed by atoms with Crippen molar-refractivity contribution < 1.29 is 18.4 Å². The molecule has 41 heavy (non-hydrogen) atoms. The van der Waals surface area contributed by atoms with Crippen molar-refractivity contribution in [3.05, 3.63) is 60.7 Å². The Morgan fingerprint density at radius 3 is 1.73 bits per heavy atom. The highest BCUT2D eigenvalue weighted by atomic mass is 28.4. The van der Waals surface area contributed by atoms with Crippen molar-refractivity contribution in [2.75, 3.05) is 19.8 Å². The monoisotopic (exact) mass is 597 g/mol. The first-order valence-electron chi connectivity index (χ1n) is 15.3. The predicted molar refractivity (Wildman–Crippen MR) is 176 cm³/mol. The van der Waals surface area contributed by atoms with Gasteiger partial charge in [0.2, 0.25) is 0 Å². The van der Waals surface area contributed by atoms with Crippen molar-refractivity contribution in [2.24, 2.45) is 5.92 Å². The Morgan fingerprint density at radius 1 is 0.780 bits per heavy atom. The van der Waals surface area contributed by atoms with Crippen LogP contribution in [0.4, 0.5) is 4.79 Å². The van der Waals surface area contributed by atoms with Gasteiger partial charge < -0.3 is 18.5 Å². The summed E-state index contributed by atoms with van der Waals surface area (Å²) >= 11 is 0. The first-order chi connectivity index (χ1) is 18.9. The van der Waals surface area contributed by atoms with Gasteiger partial charge in [-0.25, -0.2) is 4.79 Å². The highest BCUT2D eigenvalue weighted by Crippen LogP contribution is 2.39. The molecule has 0 aromatic heterocycles. The smallest absolute Gasteiger partial charge is 0.410 e. The van der Waals surface area contributed by atoms with E-state index in [1.165, 1.54) is 10.4 Å². The molecule has 5 nitrogen and oxygen atoms in total. The first-order valence-corrected chi connectivity index (χ1v) is 20.1. The number of nitrogens with zero attached hydrogens (tertiary/aromatic N) is 1. The van der Waals surface area contributed by atoms with Gasteiger partial charge >= 0.3 is 6.09 Å². The van der Waals surface area contributed by atoms with Gasteiger partial charge in [-0.2, -0.15) is 0 Å². The second kappa shape index (κ2) is 12.7. The number of carbonyl (C=O) groups excluding carboxylic acids is 1. The quantitative estimate of drug-likeness (QED) is 0.294. The molecule has 0 radical (unpaired) electrons. The minimum absolute atomic E-state index is 0.0896. The van der Waals surface area contributed by atoms with E-state index in [0.29, 0.717) is 19.1 Å². The standard InChI is InChI=1S/C34H55NO4Si2/c1-32(2,3)39-31(36)35-23-22-27(25-37-40(10,11)33(4,5)6)24-28(35)26-38-41(34(7,8)9,29-18-14-12-15-19-29)30-20-16-13-17-21-30/h12-21,27-28H,22-26H2,1-11H3. The predicted octanol–water partition coefficient (Wildman–Crippen LogP) is 7.60. The lowest BCUT2D eigenvalue weighted by Crippen LogP contribution is -2.67. The van der Waals surface area contributed by atoms with Crippen LogP contribution < -0.4 is 10.4 Å². The highest BCUT2D eigenvalue weighted by molar-refractivity contribution is 6.99. The third-order valence-electron chi connectivity index (χ3n) is 8.85. The van der Waals surface area contributed by atoms with Crippen molar-refractivity contribution in [1.82, 2.24) is 4.90 Å². The third-order valence-corrected chi connectivity index (χ3v) is 18.4. The number of hydrogen-bond acceptors (Lipinski definition) is 4. The minimum Gasteiger partial charge on any atom is -0.444 e. The molecule has 1 aliphatic rings. The van der Waals surface area contributed by atoms with Crippen LogP contribution in [0.1, 0.15) is 75.2 Å². The van der Waals surface area contributed by atoms with Crippen LogP contribution in [0.5, 0.6) is 0 Å². The normalized spacial score (nSPS) is 19.2. The van der Waals surface area contributed by atoms with Gasteiger partial charge in [-0.3, -0.25) is 0 Å². The van der Waals surface area contributed by atoms with E-state index in [-0.39, 0.29) is 22.2 Å². The molecule has 1 amide bonds. The van der Waals surface area contributed by atoms with E-state index in [4.69, 9.17) is 13.6 Å². The lowest BCUT2D eigenvalue weighted by molar-refractivity contribution is -0.00699. The summed E-state index contributed by atoms with van der Waals surface area (Å²) in [6, 6.07) is 21.3. The molecule has 2 aromatic carbocycles. The fourth-order valence-electron chi connectivity index (χ4n) is 5.53. The van der Waals surface area contributed by atoms with Gasteiger partial charge in [0.05, 0.1) is 12.6 Å². The molecular weight excluding hydrogens is 543 g/mol. The second-order valence-corrected chi connectivity index (χ2v) is 24.4. The molecule has 0 saturated carbocycles. The van der Waals surface area contributed by atoms with Crippen LogP contribution in [0.2, 0.25) is 23.2 Å². The summed E-state index contributed by atoms with van der Waals surface area (Å²) in [5.41, 5.74) is -0.553. The van der Waals surface area contributed by atoms with E-state index in [1.807, 2.05) is 25.7 Å². The van der Waals surface area contributed by atoms with E-state index in [9.17, 15) is 4.79 Å². The number of rotatable bonds is 8. The van der Waals surface area contributed by atoms with Crippen molar-refractivity contribution in [1.29, 1.82) is 0 Å². The maximum Gasteiger partial charge on any atom is 0.410 e. The molecule has 2 atom stereocenters. The van der Waals surface area contributed by atoms with Gasteiger partial charge in [0.1, 0.15) is 5.60 Å². The molecule has 0 spiro atoms. The topological polar surface area (TPSA) is 48.0 Å². The molecule has 228 valence electrons. The Balaban J connectivity index is 1.95. The van der Waals surface area contributed by atoms with Crippen LogP contribution in [0, 0.1) is 5.92 Å². The molecule has 0 N–H and O–H groups in total. The summed E-state index contributed by atoms with van der Waals surface area (Å²) in [6.45, 7) is 26.0. The van der Waals surface area contributed by atoms with Crippen molar-refractivity contribution in [3.8, 4) is 0 Å². The minimum atomic E-state index is -2.74. The summed E-state index contributed by atoms with van der Waals surface area (Å²) in [7, 11) is -4.62. The summed E-state index contributed by atoms with van der Waals surface area (Å²) in [5.74, 6) is 0.371. The summed E-state index contributed by atoms with van der Waals surface area (Å²) in [5, 5.41) is 2.52. The Hall–Kier alpha value is -1.94. The molecule has 1 fully saturated rings. The van der Waals surface area contributed by atoms with E-state index in [0.717, 1.165) is 19.4 Å². The maximum atomic E-state index is 13.5. The highest BCUT2D eigenvalue weighted by Gasteiger charge is 2.51. The molecule has 1 aliphatic heterocycles. The number of hydrogen-bond donors (Lipinski definition) is 0. The van der Waals surface area contributed by atoms with Crippen LogP contribution in [-0.4, -0.2) is 59.0 Å². The number of carbonyl (C=O) groups is 1. The van der Waals surface area contributed by atoms with Crippen molar-refractivity contribution >= 4 is 33.1 Å². The average molecular weight is 598 g/mol. The Bertz CT molecular complexity index is 1080. The fraction of sp³-hybridized carbons (Fsp3) is 0.618. The van der Waals surface area contributed by atoms with Gasteiger partial charge in [0, 0.05) is 13.2 Å². The molecule has 0 aliphatic carbocycles. The van der Waals surface area contributed by atoms with Gasteiger partial charge in [0.15, 0.2) is 8.32 Å². The first kappa shape index (κ1) is 33.6. The van der Waals surface area contributed by atoms with Gasteiger partial charge in [-0.1, -0.05) is 102 Å². The number of benzene rings is 2. The van der Waals surface area contributed by atoms with Crippen LogP contribution >= 0.6 is 0 Å². The molecule has 7 heteroatoms. The lowest BCUT2D eigenvalue weighted by Gasteiger charge is -2.46. The van der Waals surface area contributed by atoms with Crippen LogP contribution in [0.25, 0.3) is 0 Å². The number of likely N-dealkylation sites (tertiary alicyclic amines) is 1. The zero-order valence-electron chi connectivity index (χ0n) is 27.5. The summed E-state index contributed by atoms with van der Waals surface area (Å²) in [4.78, 5) is 15.4. The number of ether oxygens (including phenoxy) is 1. The van der Waals surface area contributed by atoms with Crippen LogP contribution in [0.15, 0.2) is 60.7 Å². The molecule has 2 aromatic rings. The molecule has 3 rings (SSSR count). The number of amides is 1. The van der Waals surface area contributed by atoms with Gasteiger partial charge in [-0.05, 0) is 73.1 Å². The van der Waals surface area contributed by atoms with Gasteiger partial charge in [0.25, 0.3) is 8.32 Å². The van der Waals surface area contributed by atoms with Crippen molar-refractivity contribution in [3.63, 3.8) is 0 Å². The van der Waals surface area contributed by atoms with Crippen LogP contribution in [-0.2, 0) is 13.6 Å². The fourth-order valence-corrected chi connectivity index (χ4v) is 11.2. The maximum absolute atomic E-state index is 13.5. The zero-order chi connectivity index (χ0) is 30.7. The Labute approximate surface area is 252 Å². The average Bonchev–Trinajstić information content (AvgIpc) is 2.87. The van der Waals surface area contributed by atoms with E-state index >= 15 is 0 Å². The SMILES string of the molecule is CC(C)(C)OC(=O)N1CCC(CO[Si](C)(C)C(C)(C)C)CC1CO[Si](c1ccccc1)(c1ccccc1)C(C)(C)C. The van der Waals surface area contributed by atoms with Crippen LogP contribution in [0.3, 0.4) is 0 Å². The van der Waals surface area contributed by atoms with E-state index in [1.54, 1.807) is 0 Å². The molecular formula is C34H55NO4Si2. The largest absolute Gasteiger partial charge is 0.444 e. The second-order valence-electron chi connectivity index (χ2n) is 15.3. The third kappa shape index (κ3) is 8.12.